The van der Waals surface area contributed by atoms with Crippen LogP contribution in [-0.4, -0.2) is 70.3 Å². The molecule has 2 aliphatic heterocycles. The highest BCUT2D eigenvalue weighted by molar-refractivity contribution is 5.97. The fourth-order valence-corrected chi connectivity index (χ4v) is 4.57. The van der Waals surface area contributed by atoms with E-state index in [0.29, 0.717) is 26.1 Å². The molecule has 8 heteroatoms. The Balaban J connectivity index is 1.25. The Morgan fingerprint density at radius 1 is 1.06 bits per heavy atom. The second-order valence-electron chi connectivity index (χ2n) is 8.21. The number of nitrogens with zero attached hydrogens (tertiary/aromatic N) is 5. The summed E-state index contributed by atoms with van der Waals surface area (Å²) in [6.45, 7) is 5.30. The molecule has 1 unspecified atom stereocenters. The molecule has 5 rings (SSSR count). The number of piperazine rings is 1. The van der Waals surface area contributed by atoms with Gasteiger partial charge in [0.25, 0.3) is 5.89 Å². The van der Waals surface area contributed by atoms with Crippen LogP contribution in [0.15, 0.2) is 59.5 Å². The molecule has 2 fully saturated rings. The van der Waals surface area contributed by atoms with Crippen LogP contribution in [0.5, 0.6) is 0 Å². The summed E-state index contributed by atoms with van der Waals surface area (Å²) < 4.78 is 5.13. The summed E-state index contributed by atoms with van der Waals surface area (Å²) in [5.41, 5.74) is 4.01. The first-order chi connectivity index (χ1) is 15.6. The summed E-state index contributed by atoms with van der Waals surface area (Å²) in [5.74, 6) is 0.0824. The molecular formula is C24H25N5O3. The fraction of sp³-hybridized carbons (Fsp3) is 0.333. The minimum absolute atomic E-state index is 0.129. The molecule has 1 atom stereocenters. The molecule has 2 aromatic heterocycles. The highest BCUT2D eigenvalue weighted by atomic mass is 16.4. The summed E-state index contributed by atoms with van der Waals surface area (Å²) in [7, 11) is 0. The molecule has 0 aliphatic carbocycles. The van der Waals surface area contributed by atoms with Crippen molar-refractivity contribution in [3.8, 4) is 11.1 Å². The van der Waals surface area contributed by atoms with Crippen molar-refractivity contribution < 1.29 is 14.0 Å². The van der Waals surface area contributed by atoms with Gasteiger partial charge in [0.2, 0.25) is 5.91 Å². The van der Waals surface area contributed by atoms with Crippen LogP contribution < -0.4 is 4.90 Å². The van der Waals surface area contributed by atoms with Crippen molar-refractivity contribution in [2.45, 2.75) is 19.4 Å². The third-order valence-electron chi connectivity index (χ3n) is 6.31. The van der Waals surface area contributed by atoms with Crippen LogP contribution in [-0.2, 0) is 4.79 Å². The molecule has 2 amide bonds. The van der Waals surface area contributed by atoms with Crippen LogP contribution in [0.3, 0.4) is 0 Å². The predicted octanol–water partition coefficient (Wildman–Crippen LogP) is 2.61. The number of hydrogen-bond donors (Lipinski definition) is 0. The van der Waals surface area contributed by atoms with E-state index in [1.54, 1.807) is 11.1 Å². The average Bonchev–Trinajstić information content (AvgIpc) is 3.49. The molecule has 4 heterocycles. The zero-order valence-electron chi connectivity index (χ0n) is 18.0. The first-order valence-corrected chi connectivity index (χ1v) is 10.9. The molecule has 0 saturated carbocycles. The summed E-state index contributed by atoms with van der Waals surface area (Å²) in [6.07, 6.45) is 5.17. The molecule has 2 aliphatic rings. The maximum atomic E-state index is 12.9. The van der Waals surface area contributed by atoms with E-state index >= 15 is 0 Å². The van der Waals surface area contributed by atoms with Gasteiger partial charge in [0.1, 0.15) is 6.26 Å². The van der Waals surface area contributed by atoms with Gasteiger partial charge in [-0.15, -0.1) is 0 Å². The normalized spacial score (nSPS) is 19.5. The van der Waals surface area contributed by atoms with Crippen molar-refractivity contribution in [3.05, 3.63) is 66.6 Å². The molecule has 32 heavy (non-hydrogen) atoms. The van der Waals surface area contributed by atoms with Crippen molar-refractivity contribution in [2.75, 3.05) is 37.6 Å². The second kappa shape index (κ2) is 8.55. The van der Waals surface area contributed by atoms with Gasteiger partial charge in [0, 0.05) is 68.3 Å². The highest BCUT2D eigenvalue weighted by Crippen LogP contribution is 2.30. The third-order valence-corrected chi connectivity index (χ3v) is 6.31. The standard InChI is InChI=1S/C24H25N5O3/c1-17-21(6-3-7-25-17)18-4-2-5-19(14-18)29-16-20(15-22(29)30)27-9-11-28(12-10-27)24(31)23-26-8-13-32-23/h2-8,13-14,20H,9-12,15-16H2,1H3. The second-order valence-corrected chi connectivity index (χ2v) is 8.21. The Labute approximate surface area is 186 Å². The number of aryl methyl sites for hydroxylation is 1. The van der Waals surface area contributed by atoms with Crippen LogP contribution in [0.2, 0.25) is 0 Å². The summed E-state index contributed by atoms with van der Waals surface area (Å²) in [6, 6.07) is 12.2. The molecule has 2 saturated heterocycles. The molecule has 0 N–H and O–H groups in total. The van der Waals surface area contributed by atoms with Crippen molar-refractivity contribution in [1.29, 1.82) is 0 Å². The van der Waals surface area contributed by atoms with Gasteiger partial charge < -0.3 is 14.2 Å². The molecular weight excluding hydrogens is 406 g/mol. The number of benzene rings is 1. The van der Waals surface area contributed by atoms with Crippen molar-refractivity contribution in [2.24, 2.45) is 0 Å². The number of aromatic nitrogens is 2. The largest absolute Gasteiger partial charge is 0.441 e. The molecule has 0 bridgehead atoms. The number of anilines is 1. The van der Waals surface area contributed by atoms with Gasteiger partial charge >= 0.3 is 5.91 Å². The van der Waals surface area contributed by atoms with Crippen LogP contribution >= 0.6 is 0 Å². The average molecular weight is 431 g/mol. The smallest absolute Gasteiger partial charge is 0.309 e. The van der Waals surface area contributed by atoms with E-state index in [4.69, 9.17) is 4.42 Å². The number of oxazole rings is 1. The van der Waals surface area contributed by atoms with Crippen molar-refractivity contribution >= 4 is 17.5 Å². The van der Waals surface area contributed by atoms with E-state index in [1.165, 1.54) is 12.5 Å². The van der Waals surface area contributed by atoms with E-state index in [2.05, 4.69) is 33.1 Å². The van der Waals surface area contributed by atoms with Gasteiger partial charge in [-0.2, -0.15) is 0 Å². The van der Waals surface area contributed by atoms with Crippen LogP contribution in [0.4, 0.5) is 5.69 Å². The summed E-state index contributed by atoms with van der Waals surface area (Å²) in [5, 5.41) is 0. The summed E-state index contributed by atoms with van der Waals surface area (Å²) >= 11 is 0. The first-order valence-electron chi connectivity index (χ1n) is 10.9. The van der Waals surface area contributed by atoms with Crippen molar-refractivity contribution in [3.63, 3.8) is 0 Å². The van der Waals surface area contributed by atoms with E-state index in [1.807, 2.05) is 30.0 Å². The fourth-order valence-electron chi connectivity index (χ4n) is 4.57. The Morgan fingerprint density at radius 2 is 1.91 bits per heavy atom. The van der Waals surface area contributed by atoms with E-state index in [9.17, 15) is 9.59 Å². The summed E-state index contributed by atoms with van der Waals surface area (Å²) in [4.78, 5) is 39.6. The molecule has 0 spiro atoms. The van der Waals surface area contributed by atoms with E-state index < -0.39 is 0 Å². The van der Waals surface area contributed by atoms with Gasteiger partial charge in [-0.1, -0.05) is 18.2 Å². The zero-order valence-corrected chi connectivity index (χ0v) is 18.0. The number of pyridine rings is 1. The highest BCUT2D eigenvalue weighted by Gasteiger charge is 2.36. The Kier molecular flexibility index (Phi) is 5.45. The third kappa shape index (κ3) is 3.89. The van der Waals surface area contributed by atoms with Gasteiger partial charge in [-0.3, -0.25) is 19.5 Å². The van der Waals surface area contributed by atoms with Gasteiger partial charge in [0.05, 0.1) is 6.20 Å². The minimum atomic E-state index is -0.179. The Bertz CT molecular complexity index is 1120. The van der Waals surface area contributed by atoms with Crippen LogP contribution in [0.1, 0.15) is 22.8 Å². The first kappa shape index (κ1) is 20.4. The maximum absolute atomic E-state index is 12.9. The Morgan fingerprint density at radius 3 is 2.66 bits per heavy atom. The molecule has 1 aromatic carbocycles. The van der Waals surface area contributed by atoms with Crippen LogP contribution in [0.25, 0.3) is 11.1 Å². The maximum Gasteiger partial charge on any atom is 0.309 e. The lowest BCUT2D eigenvalue weighted by molar-refractivity contribution is -0.117. The van der Waals surface area contributed by atoms with Crippen LogP contribution in [0, 0.1) is 6.92 Å². The van der Waals surface area contributed by atoms with Crippen molar-refractivity contribution in [1.82, 2.24) is 19.8 Å². The molecule has 8 nitrogen and oxygen atoms in total. The Hall–Kier alpha value is -3.52. The number of carbonyl (C=O) groups excluding carboxylic acids is 2. The number of carbonyl (C=O) groups is 2. The zero-order chi connectivity index (χ0) is 22.1. The number of rotatable bonds is 4. The lowest BCUT2D eigenvalue weighted by Gasteiger charge is -2.37. The molecule has 3 aromatic rings. The lowest BCUT2D eigenvalue weighted by Crippen LogP contribution is -2.52. The van der Waals surface area contributed by atoms with Gasteiger partial charge in [-0.25, -0.2) is 4.98 Å². The van der Waals surface area contributed by atoms with Gasteiger partial charge in [0.15, 0.2) is 0 Å². The lowest BCUT2D eigenvalue weighted by atomic mass is 10.0. The number of amides is 2. The molecule has 164 valence electrons. The monoisotopic (exact) mass is 431 g/mol. The SMILES string of the molecule is Cc1ncccc1-c1cccc(N2CC(N3CCN(C(=O)c4ncco4)CC3)CC2=O)c1. The minimum Gasteiger partial charge on any atom is -0.441 e. The molecule has 0 radical (unpaired) electrons. The van der Waals surface area contributed by atoms with Gasteiger partial charge in [-0.05, 0) is 30.7 Å². The quantitative estimate of drug-likeness (QED) is 0.632. The number of hydrogen-bond acceptors (Lipinski definition) is 6. The van der Waals surface area contributed by atoms with E-state index in [0.717, 1.165) is 35.6 Å². The topological polar surface area (TPSA) is 82.8 Å². The van der Waals surface area contributed by atoms with E-state index in [-0.39, 0.29) is 23.7 Å². The predicted molar refractivity (Wildman–Crippen MR) is 119 cm³/mol.